The molecule has 2 aromatic rings. The number of amides is 1. The Morgan fingerprint density at radius 1 is 1.08 bits per heavy atom. The lowest BCUT2D eigenvalue weighted by molar-refractivity contribution is 0.0930. The van der Waals surface area contributed by atoms with Crippen molar-refractivity contribution in [2.45, 2.75) is 31.7 Å². The van der Waals surface area contributed by atoms with Gasteiger partial charge in [0.2, 0.25) is 0 Å². The molecule has 2 fully saturated rings. The molecule has 2 saturated heterocycles. The quantitative estimate of drug-likeness (QED) is 0.754. The zero-order valence-corrected chi connectivity index (χ0v) is 15.9. The zero-order valence-electron chi connectivity index (χ0n) is 13.5. The number of hydrogen-bond donors (Lipinski definition) is 2. The summed E-state index contributed by atoms with van der Waals surface area (Å²) in [7, 11) is -0.318. The molecule has 6 heteroatoms. The van der Waals surface area contributed by atoms with Crippen LogP contribution in [-0.2, 0) is 0 Å². The van der Waals surface area contributed by atoms with Crippen LogP contribution in [0.2, 0.25) is 10.0 Å². The highest BCUT2D eigenvalue weighted by Crippen LogP contribution is 2.57. The number of aromatic nitrogens is 1. The van der Waals surface area contributed by atoms with Crippen molar-refractivity contribution in [2.24, 2.45) is 0 Å². The number of H-pyrrole nitrogens is 1. The summed E-state index contributed by atoms with van der Waals surface area (Å²) in [5, 5.41) is 5.18. The van der Waals surface area contributed by atoms with Gasteiger partial charge in [-0.3, -0.25) is 4.79 Å². The predicted molar refractivity (Wildman–Crippen MR) is 105 cm³/mol. The van der Waals surface area contributed by atoms with Crippen molar-refractivity contribution in [1.82, 2.24) is 10.3 Å². The maximum absolute atomic E-state index is 12.6. The minimum absolute atomic E-state index is 0.0410. The first-order valence-electron chi connectivity index (χ1n) is 8.57. The van der Waals surface area contributed by atoms with Gasteiger partial charge in [-0.05, 0) is 66.9 Å². The molecule has 24 heavy (non-hydrogen) atoms. The van der Waals surface area contributed by atoms with Crippen LogP contribution in [0.4, 0.5) is 0 Å². The Morgan fingerprint density at radius 3 is 2.50 bits per heavy atom. The second kappa shape index (κ2) is 6.47. The van der Waals surface area contributed by atoms with E-state index in [1.165, 1.54) is 35.9 Å². The fourth-order valence-electron chi connectivity index (χ4n) is 4.05. The molecule has 1 aromatic carbocycles. The summed E-state index contributed by atoms with van der Waals surface area (Å²) < 4.78 is 0. The largest absolute Gasteiger partial charge is 0.350 e. The lowest BCUT2D eigenvalue weighted by Crippen LogP contribution is -2.40. The first-order valence-corrected chi connectivity index (χ1v) is 11.6. The van der Waals surface area contributed by atoms with Gasteiger partial charge in [-0.15, -0.1) is 0 Å². The third-order valence-corrected chi connectivity index (χ3v) is 10.5. The number of carbonyl (C=O) groups is 1. The molecule has 4 rings (SSSR count). The Morgan fingerprint density at radius 2 is 1.79 bits per heavy atom. The Balaban J connectivity index is 1.44. The van der Waals surface area contributed by atoms with Gasteiger partial charge in [0, 0.05) is 22.0 Å². The number of rotatable bonds is 2. The molecule has 0 radical (unpaired) electrons. The summed E-state index contributed by atoms with van der Waals surface area (Å²) in [6, 6.07) is 5.62. The van der Waals surface area contributed by atoms with Gasteiger partial charge in [0.05, 0.1) is 5.02 Å². The van der Waals surface area contributed by atoms with E-state index in [0.29, 0.717) is 21.8 Å². The predicted octanol–water partition coefficient (Wildman–Crippen LogP) is 4.97. The molecule has 0 unspecified atom stereocenters. The molecule has 0 bridgehead atoms. The van der Waals surface area contributed by atoms with Crippen LogP contribution in [0, 0.1) is 0 Å². The van der Waals surface area contributed by atoms with Crippen LogP contribution in [0.1, 0.15) is 36.2 Å². The molecular formula is C18H22Cl2N2OS. The highest BCUT2D eigenvalue weighted by molar-refractivity contribution is 8.33. The number of halogens is 2. The molecule has 2 aliphatic heterocycles. The summed E-state index contributed by atoms with van der Waals surface area (Å²) >= 11 is 12.2. The fraction of sp³-hybridized carbons (Fsp3) is 0.500. The van der Waals surface area contributed by atoms with Crippen molar-refractivity contribution >= 4 is 50.0 Å². The number of benzene rings is 1. The molecule has 1 amide bonds. The number of fused-ring (bicyclic) bond motifs is 1. The first-order chi connectivity index (χ1) is 11.5. The van der Waals surface area contributed by atoms with Crippen molar-refractivity contribution in [2.75, 3.05) is 23.0 Å². The molecule has 130 valence electrons. The van der Waals surface area contributed by atoms with Gasteiger partial charge in [-0.25, -0.2) is 10.0 Å². The lowest BCUT2D eigenvalue weighted by Gasteiger charge is -2.42. The van der Waals surface area contributed by atoms with E-state index in [4.69, 9.17) is 23.2 Å². The smallest absolute Gasteiger partial charge is 0.267 e. The Hall–Kier alpha value is -0.840. The van der Waals surface area contributed by atoms with E-state index in [2.05, 4.69) is 10.3 Å². The molecule has 3 nitrogen and oxygen atoms in total. The Bertz CT molecular complexity index is 773. The summed E-state index contributed by atoms with van der Waals surface area (Å²) in [6.45, 7) is 0. The third-order valence-electron chi connectivity index (χ3n) is 5.44. The van der Waals surface area contributed by atoms with E-state index in [1.54, 1.807) is 12.1 Å². The van der Waals surface area contributed by atoms with Crippen LogP contribution < -0.4 is 5.32 Å². The number of aromatic amines is 1. The fourth-order valence-corrected chi connectivity index (χ4v) is 9.02. The molecular weight excluding hydrogens is 363 g/mol. The summed E-state index contributed by atoms with van der Waals surface area (Å²) in [6.07, 6.45) is 5.11. The third kappa shape index (κ3) is 3.16. The molecule has 1 spiro atoms. The van der Waals surface area contributed by atoms with Gasteiger partial charge in [-0.2, -0.15) is 0 Å². The first kappa shape index (κ1) is 16.6. The lowest BCUT2D eigenvalue weighted by atomic mass is 10.1. The van der Waals surface area contributed by atoms with E-state index in [9.17, 15) is 4.79 Å². The van der Waals surface area contributed by atoms with Crippen molar-refractivity contribution < 1.29 is 4.79 Å². The second-order valence-electron chi connectivity index (χ2n) is 7.03. The molecule has 1 aromatic heterocycles. The summed E-state index contributed by atoms with van der Waals surface area (Å²) in [4.78, 5) is 15.7. The van der Waals surface area contributed by atoms with Crippen molar-refractivity contribution in [3.63, 3.8) is 0 Å². The Kier molecular flexibility index (Phi) is 4.48. The second-order valence-corrected chi connectivity index (χ2v) is 12.0. The maximum atomic E-state index is 12.6. The number of hydrogen-bond acceptors (Lipinski definition) is 1. The normalized spacial score (nSPS) is 22.1. The van der Waals surface area contributed by atoms with Crippen LogP contribution in [-0.4, -0.2) is 39.9 Å². The molecule has 3 heterocycles. The van der Waals surface area contributed by atoms with Gasteiger partial charge >= 0.3 is 0 Å². The SMILES string of the molecule is O=C(NC1CCS2(CCCC2)CC1)c1cc2c(Cl)cc(Cl)cc2[nH]1. The van der Waals surface area contributed by atoms with Crippen molar-refractivity contribution in [1.29, 1.82) is 0 Å². The summed E-state index contributed by atoms with van der Waals surface area (Å²) in [5.41, 5.74) is 1.36. The van der Waals surface area contributed by atoms with E-state index in [0.717, 1.165) is 23.7 Å². The van der Waals surface area contributed by atoms with Crippen LogP contribution in [0.25, 0.3) is 10.9 Å². The highest BCUT2D eigenvalue weighted by Gasteiger charge is 2.33. The van der Waals surface area contributed by atoms with Crippen LogP contribution in [0.3, 0.4) is 0 Å². The van der Waals surface area contributed by atoms with E-state index < -0.39 is 0 Å². The minimum atomic E-state index is -0.318. The van der Waals surface area contributed by atoms with Gasteiger partial charge < -0.3 is 10.3 Å². The van der Waals surface area contributed by atoms with Gasteiger partial charge in [-0.1, -0.05) is 23.2 Å². The maximum Gasteiger partial charge on any atom is 0.267 e. The van der Waals surface area contributed by atoms with Crippen molar-refractivity contribution in [3.05, 3.63) is 33.9 Å². The molecule has 0 atom stereocenters. The molecule has 2 aliphatic rings. The summed E-state index contributed by atoms with van der Waals surface area (Å²) in [5.74, 6) is 5.57. The van der Waals surface area contributed by atoms with Crippen LogP contribution in [0.15, 0.2) is 18.2 Å². The van der Waals surface area contributed by atoms with E-state index in [-0.39, 0.29) is 15.9 Å². The van der Waals surface area contributed by atoms with Crippen LogP contribution in [0.5, 0.6) is 0 Å². The average molecular weight is 385 g/mol. The van der Waals surface area contributed by atoms with Crippen molar-refractivity contribution in [3.8, 4) is 0 Å². The number of carbonyl (C=O) groups excluding carboxylic acids is 1. The number of nitrogens with one attached hydrogen (secondary N) is 2. The van der Waals surface area contributed by atoms with E-state index in [1.807, 2.05) is 6.07 Å². The van der Waals surface area contributed by atoms with Crippen LogP contribution >= 0.6 is 33.2 Å². The van der Waals surface area contributed by atoms with E-state index >= 15 is 0 Å². The minimum Gasteiger partial charge on any atom is -0.350 e. The topological polar surface area (TPSA) is 44.9 Å². The Labute approximate surface area is 153 Å². The average Bonchev–Trinajstić information content (AvgIpc) is 3.17. The van der Waals surface area contributed by atoms with Gasteiger partial charge in [0.15, 0.2) is 0 Å². The molecule has 0 saturated carbocycles. The molecule has 0 aliphatic carbocycles. The van der Waals surface area contributed by atoms with Gasteiger partial charge in [0.25, 0.3) is 5.91 Å². The highest BCUT2D eigenvalue weighted by atomic mass is 35.5. The zero-order chi connectivity index (χ0) is 16.7. The standard InChI is InChI=1S/C18H22Cl2N2OS/c19-12-9-15(20)14-11-17(22-16(14)10-12)18(23)21-13-3-7-24(8-4-13)5-1-2-6-24/h9-11,13,22H,1-8H2,(H,21,23). The monoisotopic (exact) mass is 384 g/mol. The molecule has 2 N–H and O–H groups in total. The van der Waals surface area contributed by atoms with Gasteiger partial charge in [0.1, 0.15) is 5.69 Å².